The summed E-state index contributed by atoms with van der Waals surface area (Å²) in [7, 11) is 0. The van der Waals surface area contributed by atoms with E-state index in [2.05, 4.69) is 41.0 Å². The molecule has 1 heterocycles. The number of rotatable bonds is 2. The molecule has 0 aliphatic rings. The molecule has 19 heavy (non-hydrogen) atoms. The molecule has 0 fully saturated rings. The Kier molecular flexibility index (Phi) is 4.60. The van der Waals surface area contributed by atoms with Gasteiger partial charge in [0.25, 0.3) is 11.8 Å². The number of aromatic nitrogens is 1. The number of carbonyl (C=O) groups excluding carboxylic acids is 2. The van der Waals surface area contributed by atoms with Gasteiger partial charge in [-0.2, -0.15) is 0 Å². The van der Waals surface area contributed by atoms with E-state index in [1.165, 1.54) is 0 Å². The number of azide groups is 2. The molecule has 1 rings (SSSR count). The van der Waals surface area contributed by atoms with Gasteiger partial charge in [0, 0.05) is 14.3 Å². The minimum atomic E-state index is -0.921. The lowest BCUT2D eigenvalue weighted by Gasteiger charge is -2.10. The van der Waals surface area contributed by atoms with Gasteiger partial charge in [0.15, 0.2) is 0 Å². The molecule has 0 unspecified atom stereocenters. The third-order valence-corrected chi connectivity index (χ3v) is 3.46. The van der Waals surface area contributed by atoms with Gasteiger partial charge in [-0.25, -0.2) is 4.98 Å². The third-order valence-electron chi connectivity index (χ3n) is 2.27. The molecule has 0 N–H and O–H groups in total. The smallest absolute Gasteiger partial charge is 0.267 e. The number of hydrogen-bond acceptors (Lipinski definition) is 3. The molecular formula is C9H6BrN7O2. The highest BCUT2D eigenvalue weighted by Crippen LogP contribution is 2.26. The topological polar surface area (TPSA) is 145 Å². The van der Waals surface area contributed by atoms with Crippen LogP contribution in [0.1, 0.15) is 32.1 Å². The number of pyridine rings is 1. The lowest BCUT2D eigenvalue weighted by Crippen LogP contribution is -2.11. The highest BCUT2D eigenvalue weighted by Gasteiger charge is 2.20. The molecule has 0 aliphatic heterocycles. The molecule has 2 amide bonds. The van der Waals surface area contributed by atoms with Crippen LogP contribution < -0.4 is 0 Å². The first kappa shape index (κ1) is 14.7. The molecule has 0 aliphatic carbocycles. The summed E-state index contributed by atoms with van der Waals surface area (Å²) in [4.78, 5) is 31.6. The summed E-state index contributed by atoms with van der Waals surface area (Å²) >= 11 is 3.21. The van der Waals surface area contributed by atoms with Crippen LogP contribution in [0.3, 0.4) is 0 Å². The highest BCUT2D eigenvalue weighted by atomic mass is 79.9. The van der Waals surface area contributed by atoms with Crippen LogP contribution in [0.25, 0.3) is 20.9 Å². The maximum Gasteiger partial charge on any atom is 0.267 e. The molecule has 0 atom stereocenters. The van der Waals surface area contributed by atoms with Crippen molar-refractivity contribution >= 4 is 27.7 Å². The summed E-state index contributed by atoms with van der Waals surface area (Å²) in [6, 6.07) is 0. The average Bonchev–Trinajstić information content (AvgIpc) is 2.36. The molecule has 0 saturated carbocycles. The van der Waals surface area contributed by atoms with Crippen LogP contribution >= 0.6 is 15.9 Å². The van der Waals surface area contributed by atoms with Crippen LogP contribution in [-0.2, 0) is 0 Å². The first-order chi connectivity index (χ1) is 8.93. The van der Waals surface area contributed by atoms with Gasteiger partial charge in [-0.1, -0.05) is 15.9 Å². The average molecular weight is 324 g/mol. The van der Waals surface area contributed by atoms with Crippen LogP contribution in [0, 0.1) is 13.8 Å². The van der Waals surface area contributed by atoms with E-state index < -0.39 is 11.8 Å². The zero-order valence-electron chi connectivity index (χ0n) is 9.82. The molecule has 9 nitrogen and oxygen atoms in total. The normalized spacial score (nSPS) is 9.21. The van der Waals surface area contributed by atoms with Crippen molar-refractivity contribution in [2.75, 3.05) is 0 Å². The molecule has 0 aromatic carbocycles. The Bertz CT molecular complexity index is 617. The van der Waals surface area contributed by atoms with E-state index in [-0.39, 0.29) is 11.4 Å². The molecule has 96 valence electrons. The molecule has 1 aromatic heterocycles. The zero-order valence-corrected chi connectivity index (χ0v) is 11.4. The Labute approximate surface area is 115 Å². The summed E-state index contributed by atoms with van der Waals surface area (Å²) in [5.74, 6) is -1.84. The molecule has 0 spiro atoms. The van der Waals surface area contributed by atoms with Crippen molar-refractivity contribution in [1.82, 2.24) is 4.98 Å². The molecule has 0 radical (unpaired) electrons. The molecular weight excluding hydrogens is 318 g/mol. The van der Waals surface area contributed by atoms with Crippen LogP contribution in [-0.4, -0.2) is 16.8 Å². The number of hydrogen-bond donors (Lipinski definition) is 0. The van der Waals surface area contributed by atoms with Crippen molar-refractivity contribution in [3.05, 3.63) is 47.9 Å². The maximum absolute atomic E-state index is 11.5. The SMILES string of the molecule is Cc1c(C(=O)N=[N+]=[N-])nc(C(=O)N=[N+]=[N-])c(C)c1Br. The van der Waals surface area contributed by atoms with E-state index in [1.807, 2.05) is 0 Å². The summed E-state index contributed by atoms with van der Waals surface area (Å²) in [6.07, 6.45) is 0. The standard InChI is InChI=1S/C9H6BrN7O2/c1-3-5(10)4(2)7(9(19)15-17-12)13-6(3)8(18)14-16-11/h1-2H3. The van der Waals surface area contributed by atoms with Gasteiger partial charge in [0.2, 0.25) is 0 Å². The monoisotopic (exact) mass is 323 g/mol. The van der Waals surface area contributed by atoms with E-state index in [9.17, 15) is 9.59 Å². The fourth-order valence-corrected chi connectivity index (χ4v) is 1.74. The molecule has 1 aromatic rings. The van der Waals surface area contributed by atoms with Crippen molar-refractivity contribution in [2.45, 2.75) is 13.8 Å². The minimum Gasteiger partial charge on any atom is -0.285 e. The van der Waals surface area contributed by atoms with Gasteiger partial charge in [-0.05, 0) is 46.3 Å². The Morgan fingerprint density at radius 1 is 1.05 bits per heavy atom. The fraction of sp³-hybridized carbons (Fsp3) is 0.222. The van der Waals surface area contributed by atoms with Gasteiger partial charge in [0.05, 0.1) is 0 Å². The predicted octanol–water partition coefficient (Wildman–Crippen LogP) is 3.36. The first-order valence-electron chi connectivity index (χ1n) is 4.79. The highest BCUT2D eigenvalue weighted by molar-refractivity contribution is 9.10. The van der Waals surface area contributed by atoms with Gasteiger partial charge in [-0.15, -0.1) is 0 Å². The van der Waals surface area contributed by atoms with Gasteiger partial charge >= 0.3 is 0 Å². The Balaban J connectivity index is 3.60. The minimum absolute atomic E-state index is 0.174. The lowest BCUT2D eigenvalue weighted by atomic mass is 10.1. The number of amides is 2. The number of nitrogens with zero attached hydrogens (tertiary/aromatic N) is 7. The van der Waals surface area contributed by atoms with Crippen LogP contribution in [0.2, 0.25) is 0 Å². The van der Waals surface area contributed by atoms with Gasteiger partial charge in [-0.3, -0.25) is 9.59 Å². The molecule has 0 bridgehead atoms. The summed E-state index contributed by atoms with van der Waals surface area (Å²) in [5.41, 5.74) is 17.0. The quantitative estimate of drug-likeness (QED) is 0.467. The van der Waals surface area contributed by atoms with E-state index >= 15 is 0 Å². The Morgan fingerprint density at radius 3 is 1.74 bits per heavy atom. The molecule has 0 saturated heterocycles. The second-order valence-electron chi connectivity index (χ2n) is 3.36. The predicted molar refractivity (Wildman–Crippen MR) is 68.4 cm³/mol. The third kappa shape index (κ3) is 2.89. The largest absolute Gasteiger partial charge is 0.285 e. The Morgan fingerprint density at radius 2 is 1.42 bits per heavy atom. The summed E-state index contributed by atoms with van der Waals surface area (Å²) in [6.45, 7) is 3.15. The van der Waals surface area contributed by atoms with Crippen molar-refractivity contribution in [1.29, 1.82) is 0 Å². The van der Waals surface area contributed by atoms with Crippen LogP contribution in [0.15, 0.2) is 14.7 Å². The first-order valence-corrected chi connectivity index (χ1v) is 5.58. The maximum atomic E-state index is 11.5. The second-order valence-corrected chi connectivity index (χ2v) is 4.16. The summed E-state index contributed by atoms with van der Waals surface area (Å²) in [5, 5.41) is 5.83. The van der Waals surface area contributed by atoms with E-state index in [0.717, 1.165) is 0 Å². The van der Waals surface area contributed by atoms with Gasteiger partial charge < -0.3 is 0 Å². The van der Waals surface area contributed by atoms with Crippen LogP contribution in [0.4, 0.5) is 0 Å². The zero-order chi connectivity index (χ0) is 14.6. The summed E-state index contributed by atoms with van der Waals surface area (Å²) < 4.78 is 0.454. The van der Waals surface area contributed by atoms with Crippen molar-refractivity contribution in [3.8, 4) is 0 Å². The van der Waals surface area contributed by atoms with E-state index in [0.29, 0.717) is 15.6 Å². The van der Waals surface area contributed by atoms with Gasteiger partial charge in [0.1, 0.15) is 11.4 Å². The van der Waals surface area contributed by atoms with E-state index in [4.69, 9.17) is 11.1 Å². The van der Waals surface area contributed by atoms with Crippen molar-refractivity contribution < 1.29 is 9.59 Å². The number of carbonyl (C=O) groups is 2. The van der Waals surface area contributed by atoms with E-state index in [1.54, 1.807) is 13.8 Å². The fourth-order valence-electron chi connectivity index (χ4n) is 1.36. The Hall–Kier alpha value is -2.41. The number of halogens is 1. The van der Waals surface area contributed by atoms with Crippen molar-refractivity contribution in [3.63, 3.8) is 0 Å². The second kappa shape index (κ2) is 5.96. The van der Waals surface area contributed by atoms with Crippen LogP contribution in [0.5, 0.6) is 0 Å². The lowest BCUT2D eigenvalue weighted by molar-refractivity contribution is 0.0991. The molecule has 10 heteroatoms. The van der Waals surface area contributed by atoms with Crippen molar-refractivity contribution in [2.24, 2.45) is 10.2 Å².